The van der Waals surface area contributed by atoms with Crippen LogP contribution in [0.3, 0.4) is 0 Å². The van der Waals surface area contributed by atoms with Crippen LogP contribution in [0.1, 0.15) is 0 Å². The lowest BCUT2D eigenvalue weighted by Gasteiger charge is -2.11. The molecule has 0 spiro atoms. The summed E-state index contributed by atoms with van der Waals surface area (Å²) in [4.78, 5) is 0. The van der Waals surface area contributed by atoms with Crippen molar-refractivity contribution in [3.8, 4) is 11.5 Å². The Morgan fingerprint density at radius 2 is 1.62 bits per heavy atom. The fourth-order valence-electron chi connectivity index (χ4n) is 0.900. The molecule has 1 rings (SSSR count). The van der Waals surface area contributed by atoms with Gasteiger partial charge in [-0.3, -0.25) is 0 Å². The van der Waals surface area contributed by atoms with Gasteiger partial charge in [0.25, 0.3) is 0 Å². The second-order valence-corrected chi connectivity index (χ2v) is 2.99. The van der Waals surface area contributed by atoms with Gasteiger partial charge in [-0.1, -0.05) is 11.6 Å². The van der Waals surface area contributed by atoms with E-state index in [1.54, 1.807) is 0 Å². The highest BCUT2D eigenvalue weighted by Crippen LogP contribution is 2.30. The second kappa shape index (κ2) is 4.73. The molecular weight excluding hydrogens is 259 g/mol. The molecule has 0 amide bonds. The fraction of sp³-hybridized carbons (Fsp3) is 0.250. The summed E-state index contributed by atoms with van der Waals surface area (Å²) >= 11 is 5.39. The zero-order valence-corrected chi connectivity index (χ0v) is 8.15. The molecule has 0 saturated carbocycles. The number of hydrogen-bond acceptors (Lipinski definition) is 2. The third kappa shape index (κ3) is 4.52. The van der Waals surface area contributed by atoms with Crippen molar-refractivity contribution in [2.24, 2.45) is 0 Å². The quantitative estimate of drug-likeness (QED) is 0.771. The normalized spacial score (nSPS) is 11.7. The van der Waals surface area contributed by atoms with Gasteiger partial charge in [-0.2, -0.15) is 8.78 Å². The van der Waals surface area contributed by atoms with Crippen LogP contribution in [0.15, 0.2) is 18.2 Å². The maximum atomic E-state index is 11.8. The molecule has 0 saturated heterocycles. The maximum Gasteiger partial charge on any atom is 0.573 e. The standard InChI is InChI=1S/C8H4ClF5O2/c9-4-1-5(15-7(10)11)3-6(2-4)16-8(12,13)14/h1-3,7H. The molecule has 1 aromatic carbocycles. The van der Waals surface area contributed by atoms with Gasteiger partial charge < -0.3 is 9.47 Å². The predicted molar refractivity (Wildman–Crippen MR) is 44.8 cm³/mol. The van der Waals surface area contributed by atoms with Gasteiger partial charge in [-0.25, -0.2) is 0 Å². The number of ether oxygens (including phenoxy) is 2. The first-order valence-corrected chi connectivity index (χ1v) is 4.15. The van der Waals surface area contributed by atoms with E-state index in [1.807, 2.05) is 0 Å². The van der Waals surface area contributed by atoms with Crippen LogP contribution in [0.5, 0.6) is 11.5 Å². The molecule has 0 N–H and O–H groups in total. The van der Waals surface area contributed by atoms with Crippen molar-refractivity contribution in [1.29, 1.82) is 0 Å². The Hall–Kier alpha value is -1.24. The molecule has 0 aliphatic carbocycles. The largest absolute Gasteiger partial charge is 0.573 e. The SMILES string of the molecule is FC(F)Oc1cc(Cl)cc(OC(F)(F)F)c1. The number of alkyl halides is 5. The van der Waals surface area contributed by atoms with E-state index < -0.39 is 24.5 Å². The van der Waals surface area contributed by atoms with E-state index in [4.69, 9.17) is 11.6 Å². The minimum absolute atomic E-state index is 0.211. The van der Waals surface area contributed by atoms with E-state index in [-0.39, 0.29) is 5.02 Å². The van der Waals surface area contributed by atoms with Crippen LogP contribution in [-0.2, 0) is 0 Å². The van der Waals surface area contributed by atoms with Gasteiger partial charge >= 0.3 is 13.0 Å². The molecule has 0 heterocycles. The van der Waals surface area contributed by atoms with E-state index >= 15 is 0 Å². The zero-order chi connectivity index (χ0) is 12.3. The molecule has 16 heavy (non-hydrogen) atoms. The van der Waals surface area contributed by atoms with Crippen molar-refractivity contribution in [3.63, 3.8) is 0 Å². The van der Waals surface area contributed by atoms with E-state index in [2.05, 4.69) is 9.47 Å². The molecule has 0 atom stereocenters. The Labute approximate surface area is 91.5 Å². The molecular formula is C8H4ClF5O2. The Balaban J connectivity index is 2.90. The Kier molecular flexibility index (Phi) is 3.79. The van der Waals surface area contributed by atoms with Gasteiger partial charge in [-0.05, 0) is 12.1 Å². The Bertz CT molecular complexity index is 366. The second-order valence-electron chi connectivity index (χ2n) is 2.55. The van der Waals surface area contributed by atoms with Crippen LogP contribution in [-0.4, -0.2) is 13.0 Å². The van der Waals surface area contributed by atoms with E-state index in [0.29, 0.717) is 6.07 Å². The Morgan fingerprint density at radius 3 is 2.12 bits per heavy atom. The monoisotopic (exact) mass is 262 g/mol. The molecule has 0 aliphatic heterocycles. The minimum Gasteiger partial charge on any atom is -0.435 e. The van der Waals surface area contributed by atoms with Gasteiger partial charge in [0.1, 0.15) is 11.5 Å². The van der Waals surface area contributed by atoms with Crippen molar-refractivity contribution >= 4 is 11.6 Å². The smallest absolute Gasteiger partial charge is 0.435 e. The van der Waals surface area contributed by atoms with Gasteiger partial charge in [0.2, 0.25) is 0 Å². The first-order valence-electron chi connectivity index (χ1n) is 3.77. The third-order valence-electron chi connectivity index (χ3n) is 1.30. The molecule has 2 nitrogen and oxygen atoms in total. The van der Waals surface area contributed by atoms with Crippen molar-refractivity contribution in [1.82, 2.24) is 0 Å². The highest BCUT2D eigenvalue weighted by atomic mass is 35.5. The molecule has 8 heteroatoms. The first-order chi connectivity index (χ1) is 7.26. The van der Waals surface area contributed by atoms with Crippen LogP contribution in [0.4, 0.5) is 22.0 Å². The molecule has 0 aromatic heterocycles. The van der Waals surface area contributed by atoms with Gasteiger partial charge in [-0.15, -0.1) is 13.2 Å². The number of benzene rings is 1. The van der Waals surface area contributed by atoms with Gasteiger partial charge in [0.05, 0.1) is 0 Å². The molecule has 0 bridgehead atoms. The lowest BCUT2D eigenvalue weighted by Crippen LogP contribution is -2.17. The summed E-state index contributed by atoms with van der Waals surface area (Å²) in [5, 5.41) is -0.211. The summed E-state index contributed by atoms with van der Waals surface area (Å²) in [6, 6.07) is 2.43. The van der Waals surface area contributed by atoms with Crippen molar-refractivity contribution in [2.75, 3.05) is 0 Å². The van der Waals surface area contributed by atoms with E-state index in [0.717, 1.165) is 12.1 Å². The first kappa shape index (κ1) is 12.8. The van der Waals surface area contributed by atoms with Crippen molar-refractivity contribution in [2.45, 2.75) is 13.0 Å². The molecule has 0 fully saturated rings. The molecule has 0 unspecified atom stereocenters. The third-order valence-corrected chi connectivity index (χ3v) is 1.52. The Morgan fingerprint density at radius 1 is 1.06 bits per heavy atom. The summed E-state index contributed by atoms with van der Waals surface area (Å²) in [6.45, 7) is -3.16. The molecule has 0 radical (unpaired) electrons. The van der Waals surface area contributed by atoms with E-state index in [1.165, 1.54) is 0 Å². The fourth-order valence-corrected chi connectivity index (χ4v) is 1.12. The summed E-state index contributed by atoms with van der Waals surface area (Å²) in [6.07, 6.45) is -4.92. The predicted octanol–water partition coefficient (Wildman–Crippen LogP) is 3.84. The summed E-state index contributed by atoms with van der Waals surface area (Å²) in [7, 11) is 0. The topological polar surface area (TPSA) is 18.5 Å². The highest BCUT2D eigenvalue weighted by Gasteiger charge is 2.31. The zero-order valence-electron chi connectivity index (χ0n) is 7.39. The van der Waals surface area contributed by atoms with Crippen LogP contribution < -0.4 is 9.47 Å². The average molecular weight is 263 g/mol. The van der Waals surface area contributed by atoms with Crippen LogP contribution in [0.2, 0.25) is 5.02 Å². The summed E-state index contributed by atoms with van der Waals surface area (Å²) in [5.41, 5.74) is 0. The highest BCUT2D eigenvalue weighted by molar-refractivity contribution is 6.30. The molecule has 1 aromatic rings. The van der Waals surface area contributed by atoms with Crippen LogP contribution in [0, 0.1) is 0 Å². The van der Waals surface area contributed by atoms with Gasteiger partial charge in [0, 0.05) is 11.1 Å². The number of hydrogen-bond donors (Lipinski definition) is 0. The van der Waals surface area contributed by atoms with Crippen molar-refractivity contribution in [3.05, 3.63) is 23.2 Å². The maximum absolute atomic E-state index is 11.8. The summed E-state index contributed by atoms with van der Waals surface area (Å²) < 4.78 is 66.4. The van der Waals surface area contributed by atoms with Crippen LogP contribution >= 0.6 is 11.6 Å². The van der Waals surface area contributed by atoms with E-state index in [9.17, 15) is 22.0 Å². The summed E-state index contributed by atoms with van der Waals surface area (Å²) in [5.74, 6) is -1.24. The van der Waals surface area contributed by atoms with Crippen LogP contribution in [0.25, 0.3) is 0 Å². The lowest BCUT2D eigenvalue weighted by molar-refractivity contribution is -0.274. The molecule has 0 aliphatic rings. The number of halogens is 6. The minimum atomic E-state index is -4.92. The average Bonchev–Trinajstić information content (AvgIpc) is 1.96. The number of rotatable bonds is 3. The molecule has 90 valence electrons. The lowest BCUT2D eigenvalue weighted by atomic mass is 10.3. The van der Waals surface area contributed by atoms with Gasteiger partial charge in [0.15, 0.2) is 0 Å². The van der Waals surface area contributed by atoms with Crippen molar-refractivity contribution < 1.29 is 31.4 Å².